The van der Waals surface area contributed by atoms with Crippen molar-refractivity contribution < 1.29 is 38.1 Å². The number of carbonyl (C=O) groups is 4. The number of carbonyl (C=O) groups excluding carboxylic acids is 4. The lowest BCUT2D eigenvalue weighted by atomic mass is 9.64. The lowest BCUT2D eigenvalue weighted by Crippen LogP contribution is -2.58. The number of ether oxygens (including phenoxy) is 4. The number of methoxy groups -OCH3 is 1. The molecule has 40 heavy (non-hydrogen) atoms. The fraction of sp³-hybridized carbons (Fsp3) is 0.433. The van der Waals surface area contributed by atoms with Crippen LogP contribution < -0.4 is 9.47 Å². The monoisotopic (exact) mass is 548 g/mol. The summed E-state index contributed by atoms with van der Waals surface area (Å²) in [7, 11) is 1.41. The van der Waals surface area contributed by atoms with E-state index in [0.717, 1.165) is 0 Å². The molecule has 2 aromatic carbocycles. The van der Waals surface area contributed by atoms with Crippen LogP contribution in [0.5, 0.6) is 11.5 Å². The maximum atomic E-state index is 14.3. The quantitative estimate of drug-likeness (QED) is 0.318. The van der Waals surface area contributed by atoms with E-state index in [9.17, 15) is 19.2 Å². The fourth-order valence-corrected chi connectivity index (χ4v) is 5.95. The number of benzene rings is 2. The zero-order valence-corrected chi connectivity index (χ0v) is 23.5. The zero-order valence-electron chi connectivity index (χ0n) is 23.5. The van der Waals surface area contributed by atoms with E-state index in [1.807, 2.05) is 18.2 Å². The van der Waals surface area contributed by atoms with Crippen LogP contribution in [0, 0.1) is 10.8 Å². The van der Waals surface area contributed by atoms with Crippen molar-refractivity contribution in [1.82, 2.24) is 5.01 Å². The molecule has 0 N–H and O–H groups in total. The average molecular weight is 549 g/mol. The number of hydrogen-bond acceptors (Lipinski definition) is 10. The molecule has 210 valence electrons. The molecule has 3 atom stereocenters. The molecule has 0 radical (unpaired) electrons. The summed E-state index contributed by atoms with van der Waals surface area (Å²) >= 11 is 0. The Morgan fingerprint density at radius 3 is 2.25 bits per heavy atom. The second-order valence-corrected chi connectivity index (χ2v) is 11.7. The lowest BCUT2D eigenvalue weighted by molar-refractivity contribution is -0.254. The van der Waals surface area contributed by atoms with E-state index in [2.05, 4.69) is 5.10 Å². The highest BCUT2D eigenvalue weighted by atomic mass is 16.7. The maximum absolute atomic E-state index is 14.3. The summed E-state index contributed by atoms with van der Waals surface area (Å²) in [6, 6.07) is 9.93. The molecule has 10 nitrogen and oxygen atoms in total. The fourth-order valence-electron chi connectivity index (χ4n) is 5.95. The molecule has 2 aromatic rings. The molecule has 10 heteroatoms. The summed E-state index contributed by atoms with van der Waals surface area (Å²) in [5.74, 6) is -4.66. The Bertz CT molecular complexity index is 1430. The zero-order chi connectivity index (χ0) is 29.2. The van der Waals surface area contributed by atoms with Crippen molar-refractivity contribution in [2.75, 3.05) is 7.11 Å². The van der Waals surface area contributed by atoms with E-state index in [1.54, 1.807) is 50.2 Å². The highest BCUT2D eigenvalue weighted by molar-refractivity contribution is 6.07. The van der Waals surface area contributed by atoms with Crippen molar-refractivity contribution in [3.63, 3.8) is 0 Å². The number of hydrazone groups is 1. The van der Waals surface area contributed by atoms with Gasteiger partial charge in [0.25, 0.3) is 5.79 Å². The van der Waals surface area contributed by atoms with Crippen molar-refractivity contribution >= 4 is 29.9 Å². The molecular weight excluding hydrogens is 516 g/mol. The molecular formula is C30H32N2O8. The average Bonchev–Trinajstić information content (AvgIpc) is 3.18. The summed E-state index contributed by atoms with van der Waals surface area (Å²) < 4.78 is 22.3. The molecule has 0 bridgehead atoms. The molecule has 0 aliphatic carbocycles. The number of rotatable bonds is 4. The highest BCUT2D eigenvalue weighted by Crippen LogP contribution is 2.63. The van der Waals surface area contributed by atoms with Crippen LogP contribution in [-0.4, -0.2) is 53.9 Å². The van der Waals surface area contributed by atoms with Gasteiger partial charge < -0.3 is 18.9 Å². The summed E-state index contributed by atoms with van der Waals surface area (Å²) in [6.07, 6.45) is 1.62. The van der Waals surface area contributed by atoms with Gasteiger partial charge in [0.15, 0.2) is 17.3 Å². The predicted molar refractivity (Wildman–Crippen MR) is 143 cm³/mol. The van der Waals surface area contributed by atoms with Crippen molar-refractivity contribution in [1.29, 1.82) is 0 Å². The van der Waals surface area contributed by atoms with Crippen LogP contribution in [0.15, 0.2) is 47.6 Å². The summed E-state index contributed by atoms with van der Waals surface area (Å²) in [6.45, 7) is 9.57. The third kappa shape index (κ3) is 4.04. The van der Waals surface area contributed by atoms with Crippen LogP contribution in [0.2, 0.25) is 0 Å². The van der Waals surface area contributed by atoms with E-state index in [1.165, 1.54) is 33.9 Å². The van der Waals surface area contributed by atoms with Gasteiger partial charge in [0.05, 0.1) is 13.3 Å². The van der Waals surface area contributed by atoms with Gasteiger partial charge in [-0.25, -0.2) is 0 Å². The second-order valence-electron chi connectivity index (χ2n) is 11.7. The minimum absolute atomic E-state index is 0.153. The van der Waals surface area contributed by atoms with Gasteiger partial charge in [0.1, 0.15) is 12.1 Å². The number of nitrogens with zero attached hydrogens (tertiary/aromatic N) is 2. The molecule has 5 rings (SSSR count). The SMILES string of the molecule is COc1cc([C@H]2[C@H](C(=O)C(C)(C)C)N3N=Cc4ccccc4C3C23C(=O)OC(C)(C)OC3=O)ccc1OC(C)=O. The van der Waals surface area contributed by atoms with Crippen molar-refractivity contribution in [2.24, 2.45) is 15.9 Å². The molecule has 3 heterocycles. The smallest absolute Gasteiger partial charge is 0.330 e. The number of Topliss-reactive ketones (excluding diaryl/α,β-unsaturated/α-hetero) is 1. The Morgan fingerprint density at radius 2 is 1.65 bits per heavy atom. The first-order valence-electron chi connectivity index (χ1n) is 13.0. The molecule has 0 saturated carbocycles. The minimum atomic E-state index is -2.00. The van der Waals surface area contributed by atoms with Crippen molar-refractivity contribution in [2.45, 2.75) is 65.3 Å². The van der Waals surface area contributed by atoms with E-state index < -0.39 is 52.5 Å². The lowest BCUT2D eigenvalue weighted by Gasteiger charge is -2.44. The van der Waals surface area contributed by atoms with Gasteiger partial charge in [-0.3, -0.25) is 24.2 Å². The summed E-state index contributed by atoms with van der Waals surface area (Å²) in [5.41, 5.74) is -1.09. The Labute approximate surface area is 232 Å². The minimum Gasteiger partial charge on any atom is -0.493 e. The van der Waals surface area contributed by atoms with Crippen LogP contribution in [0.25, 0.3) is 0 Å². The highest BCUT2D eigenvalue weighted by Gasteiger charge is 2.75. The van der Waals surface area contributed by atoms with Crippen LogP contribution in [0.4, 0.5) is 0 Å². The van der Waals surface area contributed by atoms with Gasteiger partial charge in [-0.15, -0.1) is 0 Å². The normalized spacial score (nSPS) is 24.1. The number of ketones is 1. The predicted octanol–water partition coefficient (Wildman–Crippen LogP) is 3.91. The summed E-state index contributed by atoms with van der Waals surface area (Å²) in [5, 5.41) is 6.20. The first-order chi connectivity index (χ1) is 18.7. The van der Waals surface area contributed by atoms with Crippen LogP contribution in [-0.2, 0) is 28.7 Å². The van der Waals surface area contributed by atoms with Crippen LogP contribution >= 0.6 is 0 Å². The van der Waals surface area contributed by atoms with E-state index in [0.29, 0.717) is 16.7 Å². The first kappa shape index (κ1) is 27.4. The first-order valence-corrected chi connectivity index (χ1v) is 13.0. The van der Waals surface area contributed by atoms with Gasteiger partial charge in [0, 0.05) is 32.1 Å². The molecule has 3 aliphatic rings. The van der Waals surface area contributed by atoms with Gasteiger partial charge in [0.2, 0.25) is 5.41 Å². The van der Waals surface area contributed by atoms with Crippen LogP contribution in [0.1, 0.15) is 70.2 Å². The Hall–Kier alpha value is -4.21. The van der Waals surface area contributed by atoms with Crippen molar-refractivity contribution in [3.05, 3.63) is 59.2 Å². The Morgan fingerprint density at radius 1 is 1.00 bits per heavy atom. The van der Waals surface area contributed by atoms with Gasteiger partial charge in [-0.2, -0.15) is 5.10 Å². The number of fused-ring (bicyclic) bond motifs is 4. The Kier molecular flexibility index (Phi) is 6.28. The topological polar surface area (TPSA) is 121 Å². The molecule has 0 amide bonds. The van der Waals surface area contributed by atoms with E-state index >= 15 is 0 Å². The molecule has 0 aromatic heterocycles. The van der Waals surface area contributed by atoms with Gasteiger partial charge in [-0.05, 0) is 28.8 Å². The standard InChI is InChI=1S/C30H32N2O8/c1-16(33)38-20-13-12-17(14-21(20)37-7)22-23(25(34)28(2,3)4)32-24(19-11-9-8-10-18(19)15-31-32)30(22)26(35)39-29(5,6)40-27(30)36/h8-15,22-24H,1-7H3/t22-,23+,24?/m0/s1. The number of esters is 3. The maximum Gasteiger partial charge on any atom is 0.330 e. The van der Waals surface area contributed by atoms with E-state index in [-0.39, 0.29) is 17.3 Å². The summed E-state index contributed by atoms with van der Waals surface area (Å²) in [4.78, 5) is 54.4. The molecule has 1 spiro atoms. The number of cyclic esters (lactones) is 2. The van der Waals surface area contributed by atoms with Crippen LogP contribution in [0.3, 0.4) is 0 Å². The molecule has 3 aliphatic heterocycles. The van der Waals surface area contributed by atoms with E-state index in [4.69, 9.17) is 18.9 Å². The van der Waals surface area contributed by atoms with Gasteiger partial charge in [-0.1, -0.05) is 51.1 Å². The molecule has 2 fully saturated rings. The van der Waals surface area contributed by atoms with Gasteiger partial charge >= 0.3 is 17.9 Å². The molecule has 1 unspecified atom stereocenters. The third-order valence-electron chi connectivity index (χ3n) is 7.57. The van der Waals surface area contributed by atoms with Crippen molar-refractivity contribution in [3.8, 4) is 11.5 Å². The molecule has 2 saturated heterocycles. The third-order valence-corrected chi connectivity index (χ3v) is 7.57. The second kappa shape index (κ2) is 9.18. The Balaban J connectivity index is 1.83. The number of hydrogen-bond donors (Lipinski definition) is 0. The largest absolute Gasteiger partial charge is 0.493 e.